The Morgan fingerprint density at radius 1 is 1.57 bits per heavy atom. The fourth-order valence-corrected chi connectivity index (χ4v) is 2.74. The second kappa shape index (κ2) is 3.67. The summed E-state index contributed by atoms with van der Waals surface area (Å²) in [4.78, 5) is 14.7. The summed E-state index contributed by atoms with van der Waals surface area (Å²) in [6, 6.07) is 5.74. The van der Waals surface area contributed by atoms with Gasteiger partial charge in [-0.05, 0) is 28.1 Å². The van der Waals surface area contributed by atoms with E-state index < -0.39 is 5.97 Å². The number of thiazole rings is 1. The predicted molar refractivity (Wildman–Crippen MR) is 58.7 cm³/mol. The Balaban J connectivity index is 2.51. The van der Waals surface area contributed by atoms with Crippen LogP contribution in [0.25, 0.3) is 10.2 Å². The predicted octanol–water partition coefficient (Wildman–Crippen LogP) is 2.69. The molecule has 1 heterocycles. The Kier molecular flexibility index (Phi) is 2.52. The van der Waals surface area contributed by atoms with Gasteiger partial charge in [-0.2, -0.15) is 0 Å². The largest absolute Gasteiger partial charge is 0.481 e. The fourth-order valence-electron chi connectivity index (χ4n) is 1.17. The molecule has 0 amide bonds. The smallest absolute Gasteiger partial charge is 0.310 e. The first-order chi connectivity index (χ1) is 6.66. The van der Waals surface area contributed by atoms with Crippen LogP contribution in [0.4, 0.5) is 0 Å². The highest BCUT2D eigenvalue weighted by Gasteiger charge is 2.08. The first-order valence-electron chi connectivity index (χ1n) is 3.92. The highest BCUT2D eigenvalue weighted by atomic mass is 79.9. The third-order valence-corrected chi connectivity index (χ3v) is 3.38. The highest BCUT2D eigenvalue weighted by Crippen LogP contribution is 2.28. The van der Waals surface area contributed by atoms with Crippen molar-refractivity contribution in [3.05, 3.63) is 27.7 Å². The van der Waals surface area contributed by atoms with Gasteiger partial charge in [0.2, 0.25) is 0 Å². The molecule has 3 nitrogen and oxygen atoms in total. The molecule has 1 aromatic heterocycles. The average molecular weight is 272 g/mol. The number of carboxylic acid groups (broad SMARTS) is 1. The number of fused-ring (bicyclic) bond motifs is 1. The number of carboxylic acids is 1. The Labute approximate surface area is 92.5 Å². The van der Waals surface area contributed by atoms with Gasteiger partial charge in [0, 0.05) is 4.47 Å². The first kappa shape index (κ1) is 9.61. The van der Waals surface area contributed by atoms with Crippen molar-refractivity contribution in [2.24, 2.45) is 0 Å². The third kappa shape index (κ3) is 1.78. The van der Waals surface area contributed by atoms with E-state index in [-0.39, 0.29) is 6.42 Å². The van der Waals surface area contributed by atoms with Crippen LogP contribution in [0.2, 0.25) is 0 Å². The van der Waals surface area contributed by atoms with E-state index >= 15 is 0 Å². The molecule has 0 aliphatic rings. The van der Waals surface area contributed by atoms with Crippen molar-refractivity contribution in [1.29, 1.82) is 0 Å². The maximum Gasteiger partial charge on any atom is 0.310 e. The van der Waals surface area contributed by atoms with E-state index in [9.17, 15) is 4.79 Å². The van der Waals surface area contributed by atoms with Crippen LogP contribution in [0.3, 0.4) is 0 Å². The molecule has 0 saturated heterocycles. The second-order valence-corrected chi connectivity index (χ2v) is 4.73. The summed E-state index contributed by atoms with van der Waals surface area (Å²) in [5, 5.41) is 9.25. The minimum atomic E-state index is -0.847. The molecule has 0 aliphatic heterocycles. The maximum absolute atomic E-state index is 10.5. The van der Waals surface area contributed by atoms with Gasteiger partial charge < -0.3 is 5.11 Å². The number of benzene rings is 1. The highest BCUT2D eigenvalue weighted by molar-refractivity contribution is 9.10. The summed E-state index contributed by atoms with van der Waals surface area (Å²) in [7, 11) is 0. The molecule has 0 aliphatic carbocycles. The summed E-state index contributed by atoms with van der Waals surface area (Å²) in [6.07, 6.45) is -0.00815. The molecule has 2 rings (SSSR count). The first-order valence-corrected chi connectivity index (χ1v) is 5.53. The minimum Gasteiger partial charge on any atom is -0.481 e. The van der Waals surface area contributed by atoms with Gasteiger partial charge in [0.15, 0.2) is 0 Å². The lowest BCUT2D eigenvalue weighted by molar-refractivity contribution is -0.136. The number of nitrogens with zero attached hydrogens (tertiary/aromatic N) is 1. The van der Waals surface area contributed by atoms with Crippen LogP contribution in [0.15, 0.2) is 22.7 Å². The molecule has 14 heavy (non-hydrogen) atoms. The van der Waals surface area contributed by atoms with Gasteiger partial charge in [0.05, 0.1) is 16.6 Å². The van der Waals surface area contributed by atoms with Gasteiger partial charge >= 0.3 is 5.97 Å². The van der Waals surface area contributed by atoms with Crippen LogP contribution in [0, 0.1) is 0 Å². The number of carbonyl (C=O) groups is 1. The molecule has 72 valence electrons. The number of aliphatic carboxylic acids is 1. The van der Waals surface area contributed by atoms with Crippen LogP contribution in [0.5, 0.6) is 0 Å². The Bertz CT molecular complexity index is 495. The zero-order chi connectivity index (χ0) is 10.1. The quantitative estimate of drug-likeness (QED) is 0.914. The molecule has 0 spiro atoms. The normalized spacial score (nSPS) is 10.6. The molecule has 0 saturated carbocycles. The Hall–Kier alpha value is -0.940. The van der Waals surface area contributed by atoms with Crippen molar-refractivity contribution < 1.29 is 9.90 Å². The van der Waals surface area contributed by atoms with Gasteiger partial charge in [-0.3, -0.25) is 4.79 Å². The number of hydrogen-bond donors (Lipinski definition) is 1. The summed E-state index contributed by atoms with van der Waals surface area (Å²) < 4.78 is 1.92. The molecule has 0 bridgehead atoms. The maximum atomic E-state index is 10.5. The minimum absolute atomic E-state index is 0.00815. The molecule has 1 N–H and O–H groups in total. The van der Waals surface area contributed by atoms with Crippen molar-refractivity contribution >= 4 is 43.5 Å². The Morgan fingerprint density at radius 3 is 3.00 bits per heavy atom. The van der Waals surface area contributed by atoms with Crippen molar-refractivity contribution in [2.45, 2.75) is 6.42 Å². The van der Waals surface area contributed by atoms with Gasteiger partial charge in [-0.15, -0.1) is 11.3 Å². The van der Waals surface area contributed by atoms with Crippen LogP contribution in [-0.4, -0.2) is 16.1 Å². The summed E-state index contributed by atoms with van der Waals surface area (Å²) in [5.74, 6) is -0.847. The molecule has 0 radical (unpaired) electrons. The molecule has 0 fully saturated rings. The lowest BCUT2D eigenvalue weighted by atomic mass is 10.3. The SMILES string of the molecule is O=C(O)Cc1nc2c(Br)cccc2s1. The molecule has 0 atom stereocenters. The topological polar surface area (TPSA) is 50.2 Å². The van der Waals surface area contributed by atoms with Gasteiger partial charge in [0.25, 0.3) is 0 Å². The lowest BCUT2D eigenvalue weighted by Gasteiger charge is -1.88. The van der Waals surface area contributed by atoms with Crippen molar-refractivity contribution in [2.75, 3.05) is 0 Å². The molecular weight excluding hydrogens is 266 g/mol. The molecule has 5 heteroatoms. The number of halogens is 1. The third-order valence-electron chi connectivity index (χ3n) is 1.72. The number of aromatic nitrogens is 1. The molecule has 0 unspecified atom stereocenters. The van der Waals surface area contributed by atoms with Crippen molar-refractivity contribution in [3.63, 3.8) is 0 Å². The Morgan fingerprint density at radius 2 is 2.36 bits per heavy atom. The van der Waals surface area contributed by atoms with E-state index in [2.05, 4.69) is 20.9 Å². The van der Waals surface area contributed by atoms with Crippen molar-refractivity contribution in [3.8, 4) is 0 Å². The monoisotopic (exact) mass is 271 g/mol. The molecule has 2 aromatic rings. The van der Waals surface area contributed by atoms with E-state index in [0.29, 0.717) is 5.01 Å². The number of hydrogen-bond acceptors (Lipinski definition) is 3. The van der Waals surface area contributed by atoms with E-state index in [1.807, 2.05) is 18.2 Å². The van der Waals surface area contributed by atoms with E-state index in [1.165, 1.54) is 11.3 Å². The van der Waals surface area contributed by atoms with Crippen molar-refractivity contribution in [1.82, 2.24) is 4.98 Å². The van der Waals surface area contributed by atoms with Gasteiger partial charge in [-0.25, -0.2) is 4.98 Å². The zero-order valence-corrected chi connectivity index (χ0v) is 9.43. The van der Waals surface area contributed by atoms with Crippen LogP contribution < -0.4 is 0 Å². The standard InChI is InChI=1S/C9H6BrNO2S/c10-5-2-1-3-6-9(5)11-7(14-6)4-8(12)13/h1-3H,4H2,(H,12,13). The molecule has 1 aromatic carbocycles. The average Bonchev–Trinajstić information content (AvgIpc) is 2.47. The zero-order valence-electron chi connectivity index (χ0n) is 7.03. The number of rotatable bonds is 2. The summed E-state index contributed by atoms with van der Waals surface area (Å²) in [5.41, 5.74) is 0.841. The van der Waals surface area contributed by atoms with E-state index in [4.69, 9.17) is 5.11 Å². The van der Waals surface area contributed by atoms with Gasteiger partial charge in [-0.1, -0.05) is 6.07 Å². The summed E-state index contributed by atoms with van der Waals surface area (Å²) >= 11 is 4.79. The van der Waals surface area contributed by atoms with E-state index in [0.717, 1.165) is 14.7 Å². The van der Waals surface area contributed by atoms with Crippen LogP contribution in [0.1, 0.15) is 5.01 Å². The summed E-state index contributed by atoms with van der Waals surface area (Å²) in [6.45, 7) is 0. The van der Waals surface area contributed by atoms with Crippen LogP contribution in [-0.2, 0) is 11.2 Å². The number of para-hydroxylation sites is 1. The van der Waals surface area contributed by atoms with Crippen LogP contribution >= 0.6 is 27.3 Å². The molecular formula is C9H6BrNO2S. The van der Waals surface area contributed by atoms with E-state index in [1.54, 1.807) is 0 Å². The van der Waals surface area contributed by atoms with Gasteiger partial charge in [0.1, 0.15) is 5.01 Å². The fraction of sp³-hybridized carbons (Fsp3) is 0.111. The lowest BCUT2D eigenvalue weighted by Crippen LogP contribution is -1.98. The second-order valence-electron chi connectivity index (χ2n) is 2.76.